The van der Waals surface area contributed by atoms with E-state index in [-0.39, 0.29) is 12.8 Å². The topological polar surface area (TPSA) is 205 Å². The van der Waals surface area contributed by atoms with Crippen LogP contribution in [0.1, 0.15) is 32.6 Å². The van der Waals surface area contributed by atoms with E-state index in [1.165, 1.54) is 18.7 Å². The number of rotatable bonds is 15. The molecule has 0 saturated carbocycles. The first-order valence-electron chi connectivity index (χ1n) is 9.06. The van der Waals surface area contributed by atoms with Crippen LogP contribution in [-0.2, 0) is 28.8 Å². The number of nitrogens with two attached hydrogens (primary N) is 1. The van der Waals surface area contributed by atoms with Crippen LogP contribution in [0.2, 0.25) is 0 Å². The van der Waals surface area contributed by atoms with E-state index >= 15 is 0 Å². The second-order valence-corrected chi connectivity index (χ2v) is 7.45. The van der Waals surface area contributed by atoms with Gasteiger partial charge >= 0.3 is 11.9 Å². The first kappa shape index (κ1) is 27.3. The Hall–Kier alpha value is -2.67. The first-order valence-corrected chi connectivity index (χ1v) is 10.5. The minimum absolute atomic E-state index is 0.196. The minimum Gasteiger partial charge on any atom is -0.481 e. The van der Waals surface area contributed by atoms with Gasteiger partial charge in [0.2, 0.25) is 17.7 Å². The molecular formula is C17H28N4O8S. The third kappa shape index (κ3) is 11.4. The molecule has 0 aromatic rings. The molecule has 0 aliphatic rings. The summed E-state index contributed by atoms with van der Waals surface area (Å²) in [6.45, 7) is 1.34. The normalized spacial score (nSPS) is 14.5. The van der Waals surface area contributed by atoms with Gasteiger partial charge in [-0.15, -0.1) is 0 Å². The van der Waals surface area contributed by atoms with Crippen molar-refractivity contribution in [2.24, 2.45) is 5.73 Å². The van der Waals surface area contributed by atoms with E-state index in [1.54, 1.807) is 0 Å². The number of aldehydes is 1. The fourth-order valence-electron chi connectivity index (χ4n) is 2.18. The zero-order chi connectivity index (χ0) is 23.3. The number of carboxylic acid groups (broad SMARTS) is 2. The largest absolute Gasteiger partial charge is 0.481 e. The second kappa shape index (κ2) is 14.3. The van der Waals surface area contributed by atoms with Crippen molar-refractivity contribution in [3.63, 3.8) is 0 Å². The minimum atomic E-state index is -1.54. The Kier molecular flexibility index (Phi) is 13.1. The summed E-state index contributed by atoms with van der Waals surface area (Å²) in [5.74, 6) is -4.28. The summed E-state index contributed by atoms with van der Waals surface area (Å²) >= 11 is 1.50. The van der Waals surface area contributed by atoms with E-state index in [0.29, 0.717) is 18.5 Å². The molecule has 0 aromatic heterocycles. The Bertz CT molecular complexity index is 645. The maximum atomic E-state index is 12.3. The highest BCUT2D eigenvalue weighted by molar-refractivity contribution is 7.98. The predicted octanol–water partition coefficient (Wildman–Crippen LogP) is -1.92. The molecular weight excluding hydrogens is 420 g/mol. The van der Waals surface area contributed by atoms with Crippen LogP contribution in [0.25, 0.3) is 0 Å². The molecule has 13 heteroatoms. The van der Waals surface area contributed by atoms with Gasteiger partial charge in [-0.25, -0.2) is 0 Å². The highest BCUT2D eigenvalue weighted by Crippen LogP contribution is 2.01. The van der Waals surface area contributed by atoms with Crippen molar-refractivity contribution in [2.45, 2.75) is 56.8 Å². The molecule has 0 fully saturated rings. The lowest BCUT2D eigenvalue weighted by molar-refractivity contribution is -0.141. The van der Waals surface area contributed by atoms with E-state index in [0.717, 1.165) is 0 Å². The number of nitrogens with one attached hydrogen (secondary N) is 3. The van der Waals surface area contributed by atoms with Crippen LogP contribution >= 0.6 is 11.8 Å². The van der Waals surface area contributed by atoms with E-state index < -0.39 is 60.2 Å². The number of carbonyl (C=O) groups excluding carboxylic acids is 4. The molecule has 12 nitrogen and oxygen atoms in total. The van der Waals surface area contributed by atoms with E-state index in [9.17, 15) is 28.8 Å². The zero-order valence-corrected chi connectivity index (χ0v) is 17.6. The van der Waals surface area contributed by atoms with Crippen LogP contribution in [-0.4, -0.2) is 82.3 Å². The molecule has 0 spiro atoms. The van der Waals surface area contributed by atoms with Crippen molar-refractivity contribution >= 4 is 47.7 Å². The lowest BCUT2D eigenvalue weighted by atomic mass is 10.1. The average Bonchev–Trinajstić information content (AvgIpc) is 2.67. The summed E-state index contributed by atoms with van der Waals surface area (Å²) in [5, 5.41) is 24.4. The number of carbonyl (C=O) groups is 6. The van der Waals surface area contributed by atoms with Crippen molar-refractivity contribution in [3.8, 4) is 0 Å². The van der Waals surface area contributed by atoms with Gasteiger partial charge in [0.25, 0.3) is 0 Å². The van der Waals surface area contributed by atoms with Crippen molar-refractivity contribution in [1.82, 2.24) is 16.0 Å². The van der Waals surface area contributed by atoms with Crippen molar-refractivity contribution < 1.29 is 39.0 Å². The van der Waals surface area contributed by atoms with Gasteiger partial charge in [-0.3, -0.25) is 24.0 Å². The fourth-order valence-corrected chi connectivity index (χ4v) is 2.67. The van der Waals surface area contributed by atoms with E-state index in [4.69, 9.17) is 15.9 Å². The summed E-state index contributed by atoms with van der Waals surface area (Å²) in [6, 6.07) is -4.62. The molecule has 0 aromatic carbocycles. The van der Waals surface area contributed by atoms with Crippen molar-refractivity contribution in [2.75, 3.05) is 12.0 Å². The van der Waals surface area contributed by atoms with Crippen LogP contribution in [0.15, 0.2) is 0 Å². The fraction of sp³-hybridized carbons (Fsp3) is 0.647. The smallest absolute Gasteiger partial charge is 0.305 e. The van der Waals surface area contributed by atoms with Gasteiger partial charge in [-0.2, -0.15) is 11.8 Å². The number of hydrogen-bond donors (Lipinski definition) is 6. The Balaban J connectivity index is 4.96. The molecule has 3 amide bonds. The van der Waals surface area contributed by atoms with Crippen LogP contribution in [0.4, 0.5) is 0 Å². The number of aliphatic carboxylic acids is 2. The van der Waals surface area contributed by atoms with Crippen LogP contribution < -0.4 is 21.7 Å². The maximum Gasteiger partial charge on any atom is 0.305 e. The molecule has 0 unspecified atom stereocenters. The van der Waals surface area contributed by atoms with Crippen molar-refractivity contribution in [3.05, 3.63) is 0 Å². The summed E-state index contributed by atoms with van der Waals surface area (Å²) in [4.78, 5) is 69.2. The molecule has 0 aliphatic heterocycles. The van der Waals surface area contributed by atoms with Gasteiger partial charge in [-0.05, 0) is 31.8 Å². The van der Waals surface area contributed by atoms with Gasteiger partial charge in [-0.1, -0.05) is 0 Å². The Morgan fingerprint density at radius 1 is 0.967 bits per heavy atom. The number of thioether (sulfide) groups is 1. The van der Waals surface area contributed by atoms with Gasteiger partial charge in [0, 0.05) is 6.42 Å². The van der Waals surface area contributed by atoms with Gasteiger partial charge in [0.1, 0.15) is 18.4 Å². The van der Waals surface area contributed by atoms with Crippen LogP contribution in [0.3, 0.4) is 0 Å². The summed E-state index contributed by atoms with van der Waals surface area (Å²) in [6.07, 6.45) is 1.20. The van der Waals surface area contributed by atoms with E-state index in [1.807, 2.05) is 6.26 Å². The zero-order valence-electron chi connectivity index (χ0n) is 16.8. The number of hydrogen-bond acceptors (Lipinski definition) is 8. The summed E-state index contributed by atoms with van der Waals surface area (Å²) in [7, 11) is 0. The molecule has 4 atom stereocenters. The Labute approximate surface area is 177 Å². The highest BCUT2D eigenvalue weighted by Gasteiger charge is 2.28. The summed E-state index contributed by atoms with van der Waals surface area (Å²) < 4.78 is 0. The molecule has 0 heterocycles. The second-order valence-electron chi connectivity index (χ2n) is 6.46. The van der Waals surface area contributed by atoms with E-state index in [2.05, 4.69) is 16.0 Å². The quantitative estimate of drug-likeness (QED) is 0.153. The molecule has 0 rings (SSSR count). The third-order valence-corrected chi connectivity index (χ3v) is 4.54. The lowest BCUT2D eigenvalue weighted by Gasteiger charge is -2.22. The van der Waals surface area contributed by atoms with Gasteiger partial charge in [0.05, 0.1) is 18.5 Å². The summed E-state index contributed by atoms with van der Waals surface area (Å²) in [5.41, 5.74) is 5.71. The van der Waals surface area contributed by atoms with Gasteiger partial charge in [0.15, 0.2) is 0 Å². The molecule has 30 heavy (non-hydrogen) atoms. The molecule has 7 N–H and O–H groups in total. The number of amides is 3. The molecule has 0 aliphatic carbocycles. The molecule has 170 valence electrons. The molecule has 0 bridgehead atoms. The Morgan fingerprint density at radius 2 is 1.60 bits per heavy atom. The van der Waals surface area contributed by atoms with Gasteiger partial charge < -0.3 is 36.7 Å². The average molecular weight is 448 g/mol. The van der Waals surface area contributed by atoms with Crippen LogP contribution in [0.5, 0.6) is 0 Å². The number of carboxylic acids is 2. The van der Waals surface area contributed by atoms with Crippen LogP contribution in [0, 0.1) is 0 Å². The lowest BCUT2D eigenvalue weighted by Crippen LogP contribution is -2.56. The first-order chi connectivity index (χ1) is 14.0. The molecule has 0 radical (unpaired) electrons. The standard InChI is InChI=1S/C17H28N4O8S/c1-9(19-16(28)11(18)5-6-30-2)15(27)21-12(7-14(25)26)17(29)20-10(8-22)3-4-13(23)24/h8-12H,3-7,18H2,1-2H3,(H,19,28)(H,20,29)(H,21,27)(H,23,24)(H,25,26)/t9-,10-,11-,12-/m0/s1. The SMILES string of the molecule is CSCC[C@H](N)C(=O)N[C@@H](C)C(=O)N[C@@H](CC(=O)O)C(=O)N[C@H](C=O)CCC(=O)O. The van der Waals surface area contributed by atoms with Crippen molar-refractivity contribution in [1.29, 1.82) is 0 Å². The molecule has 0 saturated heterocycles. The maximum absolute atomic E-state index is 12.3. The predicted molar refractivity (Wildman–Crippen MR) is 108 cm³/mol. The monoisotopic (exact) mass is 448 g/mol. The Morgan fingerprint density at radius 3 is 2.10 bits per heavy atom. The third-order valence-electron chi connectivity index (χ3n) is 3.89. The highest BCUT2D eigenvalue weighted by atomic mass is 32.2.